The molecule has 9 heteroatoms. The minimum absolute atomic E-state index is 0.0593. The molecule has 0 bridgehead atoms. The Labute approximate surface area is 172 Å². The van der Waals surface area contributed by atoms with E-state index >= 15 is 0 Å². The number of amides is 1. The Morgan fingerprint density at radius 3 is 2.73 bits per heavy atom. The number of nitrogens with zero attached hydrogens (tertiary/aromatic N) is 2. The van der Waals surface area contributed by atoms with E-state index in [9.17, 15) is 9.59 Å². The summed E-state index contributed by atoms with van der Waals surface area (Å²) in [6.07, 6.45) is 0.254. The molecule has 2 heterocycles. The Kier molecular flexibility index (Phi) is 4.86. The van der Waals surface area contributed by atoms with Crippen molar-refractivity contribution in [3.63, 3.8) is 0 Å². The average Bonchev–Trinajstić information content (AvgIpc) is 3.21. The minimum atomic E-state index is -1.37. The molecule has 0 saturated heterocycles. The summed E-state index contributed by atoms with van der Waals surface area (Å²) in [4.78, 5) is 29.5. The van der Waals surface area contributed by atoms with Gasteiger partial charge in [0.15, 0.2) is 11.4 Å². The smallest absolute Gasteiger partial charge is 0.339 e. The number of methoxy groups -OCH3 is 2. The number of nitrogens with one attached hydrogen (secondary N) is 2. The van der Waals surface area contributed by atoms with Gasteiger partial charge in [-0.3, -0.25) is 15.2 Å². The van der Waals surface area contributed by atoms with Crippen LogP contribution in [0.2, 0.25) is 0 Å². The number of aromatic amines is 1. The van der Waals surface area contributed by atoms with E-state index in [1.165, 1.54) is 7.11 Å². The molecule has 2 N–H and O–H groups in total. The van der Waals surface area contributed by atoms with Crippen LogP contribution >= 0.6 is 0 Å². The van der Waals surface area contributed by atoms with Gasteiger partial charge in [-0.1, -0.05) is 18.2 Å². The monoisotopic (exact) mass is 408 g/mol. The van der Waals surface area contributed by atoms with Crippen LogP contribution in [0.25, 0.3) is 11.4 Å². The van der Waals surface area contributed by atoms with E-state index in [4.69, 9.17) is 14.2 Å². The van der Waals surface area contributed by atoms with Gasteiger partial charge in [0.1, 0.15) is 11.5 Å². The Morgan fingerprint density at radius 1 is 1.17 bits per heavy atom. The van der Waals surface area contributed by atoms with Gasteiger partial charge in [-0.05, 0) is 30.7 Å². The third-order valence-electron chi connectivity index (χ3n) is 4.94. The summed E-state index contributed by atoms with van der Waals surface area (Å²) in [7, 11) is 3.10. The predicted molar refractivity (Wildman–Crippen MR) is 108 cm³/mol. The van der Waals surface area contributed by atoms with E-state index in [0.29, 0.717) is 28.5 Å². The van der Waals surface area contributed by atoms with Crippen LogP contribution in [0.3, 0.4) is 0 Å². The number of anilines is 1. The van der Waals surface area contributed by atoms with Crippen LogP contribution in [-0.2, 0) is 16.0 Å². The molecule has 0 radical (unpaired) electrons. The lowest BCUT2D eigenvalue weighted by atomic mass is 9.89. The van der Waals surface area contributed by atoms with Gasteiger partial charge in [0.05, 0.1) is 25.3 Å². The van der Waals surface area contributed by atoms with E-state index in [2.05, 4.69) is 20.5 Å². The zero-order chi connectivity index (χ0) is 21.3. The highest BCUT2D eigenvalue weighted by Crippen LogP contribution is 2.32. The fourth-order valence-electron chi connectivity index (χ4n) is 3.33. The Balaban J connectivity index is 1.55. The second-order valence-electron chi connectivity index (χ2n) is 6.98. The Hall–Kier alpha value is -3.88. The fraction of sp³-hybridized carbons (Fsp3) is 0.238. The molecule has 3 aromatic rings. The molecular weight excluding hydrogens is 388 g/mol. The molecule has 4 rings (SSSR count). The van der Waals surface area contributed by atoms with Gasteiger partial charge in [-0.25, -0.2) is 4.79 Å². The van der Waals surface area contributed by atoms with Gasteiger partial charge in [-0.2, -0.15) is 4.98 Å². The largest absolute Gasteiger partial charge is 0.497 e. The number of cyclic esters (lactones) is 1. The molecule has 1 aliphatic heterocycles. The van der Waals surface area contributed by atoms with E-state index < -0.39 is 17.5 Å². The summed E-state index contributed by atoms with van der Waals surface area (Å²) in [6.45, 7) is 1.57. The van der Waals surface area contributed by atoms with Crippen molar-refractivity contribution >= 4 is 17.8 Å². The SMILES string of the molecule is COc1ccc(-c2nc(NC(=O)C3(C)Cc4ccccc4C(=O)O3)n[nH]2)c(OC)c1. The highest BCUT2D eigenvalue weighted by atomic mass is 16.6. The van der Waals surface area contributed by atoms with Crippen LogP contribution in [0.5, 0.6) is 11.5 Å². The van der Waals surface area contributed by atoms with Crippen molar-refractivity contribution in [1.29, 1.82) is 0 Å². The molecule has 0 saturated carbocycles. The Morgan fingerprint density at radius 2 is 1.97 bits per heavy atom. The molecular formula is C21H20N4O5. The number of ether oxygens (including phenoxy) is 3. The average molecular weight is 408 g/mol. The lowest BCUT2D eigenvalue weighted by Crippen LogP contribution is -2.49. The quantitative estimate of drug-likeness (QED) is 0.624. The topological polar surface area (TPSA) is 115 Å². The van der Waals surface area contributed by atoms with Gasteiger partial charge in [0.25, 0.3) is 5.91 Å². The number of carbonyl (C=O) groups excluding carboxylic acids is 2. The maximum atomic E-state index is 12.9. The van der Waals surface area contributed by atoms with Crippen LogP contribution in [0, 0.1) is 0 Å². The first-order valence-electron chi connectivity index (χ1n) is 9.21. The van der Waals surface area contributed by atoms with Gasteiger partial charge < -0.3 is 14.2 Å². The minimum Gasteiger partial charge on any atom is -0.497 e. The number of hydrogen-bond donors (Lipinski definition) is 2. The molecule has 154 valence electrons. The number of rotatable bonds is 5. The summed E-state index contributed by atoms with van der Waals surface area (Å²) in [5.41, 5.74) is 0.499. The number of carbonyl (C=O) groups is 2. The van der Waals surface area contributed by atoms with Gasteiger partial charge in [0.2, 0.25) is 5.95 Å². The number of H-pyrrole nitrogens is 1. The maximum absolute atomic E-state index is 12.9. The number of esters is 1. The molecule has 1 unspecified atom stereocenters. The van der Waals surface area contributed by atoms with Gasteiger partial charge >= 0.3 is 5.97 Å². The van der Waals surface area contributed by atoms with E-state index in [1.54, 1.807) is 44.4 Å². The first-order chi connectivity index (χ1) is 14.4. The van der Waals surface area contributed by atoms with Crippen molar-refractivity contribution in [2.24, 2.45) is 0 Å². The van der Waals surface area contributed by atoms with Crippen molar-refractivity contribution in [1.82, 2.24) is 15.2 Å². The highest BCUT2D eigenvalue weighted by molar-refractivity contribution is 6.01. The summed E-state index contributed by atoms with van der Waals surface area (Å²) in [6, 6.07) is 12.3. The lowest BCUT2D eigenvalue weighted by molar-refractivity contribution is -0.134. The second-order valence-corrected chi connectivity index (χ2v) is 6.98. The molecule has 1 aromatic heterocycles. The van der Waals surface area contributed by atoms with Crippen LogP contribution in [0.15, 0.2) is 42.5 Å². The normalized spacial score (nSPS) is 17.6. The number of fused-ring (bicyclic) bond motifs is 1. The molecule has 1 atom stereocenters. The van der Waals surface area contributed by atoms with Crippen molar-refractivity contribution in [2.45, 2.75) is 18.9 Å². The Bertz CT molecular complexity index is 1130. The fourth-order valence-corrected chi connectivity index (χ4v) is 3.33. The molecule has 1 amide bonds. The van der Waals surface area contributed by atoms with Crippen LogP contribution in [0.4, 0.5) is 5.95 Å². The lowest BCUT2D eigenvalue weighted by Gasteiger charge is -2.32. The number of benzene rings is 2. The summed E-state index contributed by atoms with van der Waals surface area (Å²) in [5.74, 6) is 0.583. The zero-order valence-corrected chi connectivity index (χ0v) is 16.7. The first-order valence-corrected chi connectivity index (χ1v) is 9.21. The number of hydrogen-bond acceptors (Lipinski definition) is 7. The third kappa shape index (κ3) is 3.45. The molecule has 9 nitrogen and oxygen atoms in total. The van der Waals surface area contributed by atoms with Crippen molar-refractivity contribution in [3.05, 3.63) is 53.6 Å². The molecule has 30 heavy (non-hydrogen) atoms. The molecule has 1 aliphatic rings. The summed E-state index contributed by atoms with van der Waals surface area (Å²) >= 11 is 0. The van der Waals surface area contributed by atoms with Crippen molar-refractivity contribution < 1.29 is 23.8 Å². The predicted octanol–water partition coefficient (Wildman–Crippen LogP) is 2.60. The first kappa shape index (κ1) is 19.4. The van der Waals surface area contributed by atoms with Crippen molar-refractivity contribution in [3.8, 4) is 22.9 Å². The summed E-state index contributed by atoms with van der Waals surface area (Å²) < 4.78 is 16.0. The zero-order valence-electron chi connectivity index (χ0n) is 16.7. The van der Waals surface area contributed by atoms with E-state index in [1.807, 2.05) is 12.1 Å². The maximum Gasteiger partial charge on any atom is 0.339 e. The standard InChI is InChI=1S/C21H20N4O5/c1-21(11-12-6-4-5-7-14(12)18(26)30-21)19(27)23-20-22-17(24-25-20)15-9-8-13(28-2)10-16(15)29-3/h4-10H,11H2,1-3H3,(H2,22,23,24,25,27). The second kappa shape index (κ2) is 7.51. The number of aromatic nitrogens is 3. The molecule has 0 spiro atoms. The molecule has 0 aliphatic carbocycles. The molecule has 2 aromatic carbocycles. The third-order valence-corrected chi connectivity index (χ3v) is 4.94. The summed E-state index contributed by atoms with van der Waals surface area (Å²) in [5, 5.41) is 9.44. The van der Waals surface area contributed by atoms with E-state index in [0.717, 1.165) is 5.56 Å². The highest BCUT2D eigenvalue weighted by Gasteiger charge is 2.43. The molecule has 0 fully saturated rings. The van der Waals surface area contributed by atoms with Gasteiger partial charge in [0, 0.05) is 12.5 Å². The van der Waals surface area contributed by atoms with Crippen LogP contribution in [0.1, 0.15) is 22.8 Å². The van der Waals surface area contributed by atoms with Gasteiger partial charge in [-0.15, -0.1) is 5.10 Å². The van der Waals surface area contributed by atoms with Crippen LogP contribution in [-0.4, -0.2) is 46.9 Å². The van der Waals surface area contributed by atoms with Crippen molar-refractivity contribution in [2.75, 3.05) is 19.5 Å². The van der Waals surface area contributed by atoms with Crippen LogP contribution < -0.4 is 14.8 Å². The van der Waals surface area contributed by atoms with E-state index in [-0.39, 0.29) is 12.4 Å².